The molecular formula is C20H31N3O2. The maximum Gasteiger partial charge on any atom is 0.319 e. The molecule has 1 atom stereocenters. The van der Waals surface area contributed by atoms with E-state index in [0.717, 1.165) is 32.1 Å². The lowest BCUT2D eigenvalue weighted by molar-refractivity contribution is -0.142. The van der Waals surface area contributed by atoms with Gasteiger partial charge >= 0.3 is 5.97 Å². The van der Waals surface area contributed by atoms with Crippen LogP contribution in [0.15, 0.2) is 30.3 Å². The first-order valence-electron chi connectivity index (χ1n) is 9.52. The second kappa shape index (κ2) is 9.32. The van der Waals surface area contributed by atoms with Gasteiger partial charge in [0.25, 0.3) is 0 Å². The topological polar surface area (TPSA) is 44.8 Å². The smallest absolute Gasteiger partial charge is 0.319 e. The maximum absolute atomic E-state index is 11.6. The molecule has 2 aliphatic heterocycles. The molecule has 5 heteroatoms. The standard InChI is InChI=1S/C20H31N3O2/c1-25-20(24)16-23-12-9-21-14-19(23)13-17-7-10-22(11-8-17)15-18-5-3-2-4-6-18/h2-6,17,19,21H,7-16H2,1H3. The summed E-state index contributed by atoms with van der Waals surface area (Å²) in [5.41, 5.74) is 1.40. The van der Waals surface area contributed by atoms with Crippen LogP contribution in [0.1, 0.15) is 24.8 Å². The number of carbonyl (C=O) groups is 1. The fourth-order valence-electron chi connectivity index (χ4n) is 4.08. The molecule has 138 valence electrons. The summed E-state index contributed by atoms with van der Waals surface area (Å²) in [6.07, 6.45) is 3.70. The molecular weight excluding hydrogens is 314 g/mol. The number of piperazine rings is 1. The number of hydrogen-bond acceptors (Lipinski definition) is 5. The van der Waals surface area contributed by atoms with Crippen LogP contribution in [0.25, 0.3) is 0 Å². The van der Waals surface area contributed by atoms with Gasteiger partial charge in [0.2, 0.25) is 0 Å². The van der Waals surface area contributed by atoms with Crippen LogP contribution in [0, 0.1) is 5.92 Å². The summed E-state index contributed by atoms with van der Waals surface area (Å²) in [5.74, 6) is 0.640. The van der Waals surface area contributed by atoms with Gasteiger partial charge in [0, 0.05) is 32.2 Å². The van der Waals surface area contributed by atoms with Crippen molar-refractivity contribution in [1.82, 2.24) is 15.1 Å². The van der Waals surface area contributed by atoms with E-state index < -0.39 is 0 Å². The molecule has 0 radical (unpaired) electrons. The van der Waals surface area contributed by atoms with Crippen molar-refractivity contribution in [1.29, 1.82) is 0 Å². The molecule has 1 unspecified atom stereocenters. The number of piperidine rings is 1. The molecule has 2 saturated heterocycles. The van der Waals surface area contributed by atoms with Crippen molar-refractivity contribution >= 4 is 5.97 Å². The van der Waals surface area contributed by atoms with E-state index >= 15 is 0 Å². The molecule has 1 aromatic rings. The highest BCUT2D eigenvalue weighted by molar-refractivity contribution is 5.71. The zero-order chi connectivity index (χ0) is 17.5. The summed E-state index contributed by atoms with van der Waals surface area (Å²) < 4.78 is 4.85. The average Bonchev–Trinajstić information content (AvgIpc) is 2.65. The number of rotatable bonds is 6. The van der Waals surface area contributed by atoms with Crippen LogP contribution >= 0.6 is 0 Å². The number of esters is 1. The summed E-state index contributed by atoms with van der Waals surface area (Å²) in [4.78, 5) is 16.5. The number of ether oxygens (including phenoxy) is 1. The molecule has 2 fully saturated rings. The number of likely N-dealkylation sites (tertiary alicyclic amines) is 1. The molecule has 0 bridgehead atoms. The number of carbonyl (C=O) groups excluding carboxylic acids is 1. The van der Waals surface area contributed by atoms with Crippen molar-refractivity contribution < 1.29 is 9.53 Å². The molecule has 2 aliphatic rings. The number of nitrogens with zero attached hydrogens (tertiary/aromatic N) is 2. The molecule has 0 aliphatic carbocycles. The van der Waals surface area contributed by atoms with Crippen molar-refractivity contribution in [2.24, 2.45) is 5.92 Å². The first-order valence-corrected chi connectivity index (χ1v) is 9.52. The molecule has 0 saturated carbocycles. The predicted molar refractivity (Wildman–Crippen MR) is 99.3 cm³/mol. The monoisotopic (exact) mass is 345 g/mol. The first kappa shape index (κ1) is 18.4. The van der Waals surface area contributed by atoms with Gasteiger partial charge in [-0.1, -0.05) is 30.3 Å². The Hall–Kier alpha value is -1.43. The number of hydrogen-bond donors (Lipinski definition) is 1. The summed E-state index contributed by atoms with van der Waals surface area (Å²) in [6.45, 7) is 6.73. The van der Waals surface area contributed by atoms with E-state index in [-0.39, 0.29) is 5.97 Å². The summed E-state index contributed by atoms with van der Waals surface area (Å²) in [6, 6.07) is 11.2. The van der Waals surface area contributed by atoms with Gasteiger partial charge in [0.15, 0.2) is 0 Å². The van der Waals surface area contributed by atoms with E-state index in [9.17, 15) is 4.79 Å². The van der Waals surface area contributed by atoms with Crippen LogP contribution in [0.2, 0.25) is 0 Å². The largest absolute Gasteiger partial charge is 0.468 e. The number of nitrogens with one attached hydrogen (secondary N) is 1. The highest BCUT2D eigenvalue weighted by Gasteiger charge is 2.28. The predicted octanol–water partition coefficient (Wildman–Crippen LogP) is 1.74. The highest BCUT2D eigenvalue weighted by atomic mass is 16.5. The van der Waals surface area contributed by atoms with Crippen LogP contribution in [-0.4, -0.2) is 68.2 Å². The van der Waals surface area contributed by atoms with E-state index in [4.69, 9.17) is 4.74 Å². The van der Waals surface area contributed by atoms with E-state index in [1.165, 1.54) is 45.0 Å². The average molecular weight is 345 g/mol. The van der Waals surface area contributed by atoms with Crippen LogP contribution in [-0.2, 0) is 16.1 Å². The fraction of sp³-hybridized carbons (Fsp3) is 0.650. The van der Waals surface area contributed by atoms with E-state index in [0.29, 0.717) is 12.6 Å². The lowest BCUT2D eigenvalue weighted by Gasteiger charge is -2.39. The minimum atomic E-state index is -0.121. The molecule has 5 nitrogen and oxygen atoms in total. The van der Waals surface area contributed by atoms with Crippen LogP contribution in [0.3, 0.4) is 0 Å². The third kappa shape index (κ3) is 5.53. The summed E-state index contributed by atoms with van der Waals surface area (Å²) in [5, 5.41) is 3.48. The molecule has 3 rings (SSSR count). The van der Waals surface area contributed by atoms with Crippen LogP contribution in [0.5, 0.6) is 0 Å². The minimum Gasteiger partial charge on any atom is -0.468 e. The van der Waals surface area contributed by atoms with Gasteiger partial charge in [-0.15, -0.1) is 0 Å². The Bertz CT molecular complexity index is 529. The zero-order valence-corrected chi connectivity index (χ0v) is 15.3. The Balaban J connectivity index is 1.45. The van der Waals surface area contributed by atoms with E-state index in [1.807, 2.05) is 0 Å². The van der Waals surface area contributed by atoms with Gasteiger partial charge in [0.05, 0.1) is 13.7 Å². The Morgan fingerprint density at radius 1 is 1.20 bits per heavy atom. The Morgan fingerprint density at radius 2 is 1.96 bits per heavy atom. The molecule has 0 aromatic heterocycles. The fourth-order valence-corrected chi connectivity index (χ4v) is 4.08. The van der Waals surface area contributed by atoms with Gasteiger partial charge in [-0.25, -0.2) is 0 Å². The second-order valence-electron chi connectivity index (χ2n) is 7.35. The number of methoxy groups -OCH3 is 1. The van der Waals surface area contributed by atoms with E-state index in [2.05, 4.69) is 45.4 Å². The maximum atomic E-state index is 11.6. The van der Waals surface area contributed by atoms with Crippen molar-refractivity contribution in [3.05, 3.63) is 35.9 Å². The quantitative estimate of drug-likeness (QED) is 0.796. The third-order valence-electron chi connectivity index (χ3n) is 5.59. The third-order valence-corrected chi connectivity index (χ3v) is 5.59. The lowest BCUT2D eigenvalue weighted by Crippen LogP contribution is -2.53. The molecule has 1 aromatic carbocycles. The minimum absolute atomic E-state index is 0.121. The van der Waals surface area contributed by atoms with Crippen molar-refractivity contribution in [2.45, 2.75) is 31.8 Å². The Kier molecular flexibility index (Phi) is 6.84. The van der Waals surface area contributed by atoms with Gasteiger partial charge < -0.3 is 10.1 Å². The van der Waals surface area contributed by atoms with Crippen LogP contribution < -0.4 is 5.32 Å². The zero-order valence-electron chi connectivity index (χ0n) is 15.3. The normalized spacial score (nSPS) is 23.5. The van der Waals surface area contributed by atoms with Gasteiger partial charge in [-0.2, -0.15) is 0 Å². The molecule has 25 heavy (non-hydrogen) atoms. The number of benzene rings is 1. The van der Waals surface area contributed by atoms with Crippen molar-refractivity contribution in [3.8, 4) is 0 Å². The van der Waals surface area contributed by atoms with Crippen LogP contribution in [0.4, 0.5) is 0 Å². The van der Waals surface area contributed by atoms with Gasteiger partial charge in [0.1, 0.15) is 0 Å². The molecule has 2 heterocycles. The van der Waals surface area contributed by atoms with Gasteiger partial charge in [-0.05, 0) is 43.8 Å². The van der Waals surface area contributed by atoms with Gasteiger partial charge in [-0.3, -0.25) is 14.6 Å². The van der Waals surface area contributed by atoms with Crippen molar-refractivity contribution in [2.75, 3.05) is 46.4 Å². The Labute approximate surface area is 151 Å². The Morgan fingerprint density at radius 3 is 2.68 bits per heavy atom. The second-order valence-corrected chi connectivity index (χ2v) is 7.35. The highest BCUT2D eigenvalue weighted by Crippen LogP contribution is 2.25. The van der Waals surface area contributed by atoms with E-state index in [1.54, 1.807) is 0 Å². The lowest BCUT2D eigenvalue weighted by atomic mass is 9.89. The molecule has 1 N–H and O–H groups in total. The summed E-state index contributed by atoms with van der Waals surface area (Å²) in [7, 11) is 1.47. The van der Waals surface area contributed by atoms with Crippen molar-refractivity contribution in [3.63, 3.8) is 0 Å². The summed E-state index contributed by atoms with van der Waals surface area (Å²) >= 11 is 0. The molecule has 0 spiro atoms. The first-order chi connectivity index (χ1) is 12.2. The molecule has 0 amide bonds. The SMILES string of the molecule is COC(=O)CN1CCNCC1CC1CCN(Cc2ccccc2)CC1.